The molecule has 1 unspecified atom stereocenters. The van der Waals surface area contributed by atoms with Crippen LogP contribution in [-0.4, -0.2) is 18.9 Å². The molecule has 0 aromatic heterocycles. The summed E-state index contributed by atoms with van der Waals surface area (Å²) in [5, 5.41) is 0. The molecule has 3 heteroatoms. The molecule has 0 N–H and O–H groups in total. The van der Waals surface area contributed by atoms with Crippen molar-refractivity contribution >= 4 is 11.8 Å². The lowest BCUT2D eigenvalue weighted by Crippen LogP contribution is -2.19. The SMILES string of the molecule is COC(=O)C(C)CC(=O)CC1CCCCC1. The van der Waals surface area contributed by atoms with E-state index in [0.29, 0.717) is 18.8 Å². The summed E-state index contributed by atoms with van der Waals surface area (Å²) in [4.78, 5) is 22.9. The first-order valence-corrected chi connectivity index (χ1v) is 6.23. The summed E-state index contributed by atoms with van der Waals surface area (Å²) in [6.07, 6.45) is 7.17. The van der Waals surface area contributed by atoms with Gasteiger partial charge < -0.3 is 4.74 Å². The second-order valence-corrected chi connectivity index (χ2v) is 4.88. The van der Waals surface area contributed by atoms with Gasteiger partial charge in [0.05, 0.1) is 13.0 Å². The van der Waals surface area contributed by atoms with Crippen LogP contribution in [0.5, 0.6) is 0 Å². The van der Waals surface area contributed by atoms with Crippen LogP contribution in [0.3, 0.4) is 0 Å². The van der Waals surface area contributed by atoms with Crippen LogP contribution in [0.2, 0.25) is 0 Å². The molecule has 3 nitrogen and oxygen atoms in total. The first-order chi connectivity index (χ1) is 7.63. The number of hydrogen-bond donors (Lipinski definition) is 0. The topological polar surface area (TPSA) is 43.4 Å². The van der Waals surface area contributed by atoms with Crippen molar-refractivity contribution in [3.63, 3.8) is 0 Å². The van der Waals surface area contributed by atoms with E-state index in [9.17, 15) is 9.59 Å². The van der Waals surface area contributed by atoms with E-state index in [-0.39, 0.29) is 17.7 Å². The van der Waals surface area contributed by atoms with E-state index in [1.807, 2.05) is 0 Å². The Bertz CT molecular complexity index is 242. The summed E-state index contributed by atoms with van der Waals surface area (Å²) in [5.74, 6) is 0.203. The van der Waals surface area contributed by atoms with Crippen LogP contribution in [-0.2, 0) is 14.3 Å². The summed E-state index contributed by atoms with van der Waals surface area (Å²) in [7, 11) is 1.37. The van der Waals surface area contributed by atoms with Gasteiger partial charge in [-0.05, 0) is 5.92 Å². The highest BCUT2D eigenvalue weighted by Crippen LogP contribution is 2.27. The number of ketones is 1. The van der Waals surface area contributed by atoms with Crippen LogP contribution in [0, 0.1) is 11.8 Å². The van der Waals surface area contributed by atoms with Crippen molar-refractivity contribution in [2.45, 2.75) is 51.9 Å². The van der Waals surface area contributed by atoms with Gasteiger partial charge in [0.1, 0.15) is 5.78 Å². The number of methoxy groups -OCH3 is 1. The van der Waals surface area contributed by atoms with Gasteiger partial charge in [-0.15, -0.1) is 0 Å². The van der Waals surface area contributed by atoms with Crippen LogP contribution < -0.4 is 0 Å². The van der Waals surface area contributed by atoms with Gasteiger partial charge >= 0.3 is 5.97 Å². The molecule has 16 heavy (non-hydrogen) atoms. The Balaban J connectivity index is 2.26. The van der Waals surface area contributed by atoms with Gasteiger partial charge in [0.15, 0.2) is 0 Å². The van der Waals surface area contributed by atoms with E-state index >= 15 is 0 Å². The molecular formula is C13H22O3. The van der Waals surface area contributed by atoms with Crippen molar-refractivity contribution in [1.82, 2.24) is 0 Å². The standard InChI is InChI=1S/C13H22O3/c1-10(13(15)16-2)8-12(14)9-11-6-4-3-5-7-11/h10-11H,3-9H2,1-2H3. The third-order valence-corrected chi connectivity index (χ3v) is 3.38. The van der Waals surface area contributed by atoms with Gasteiger partial charge in [0.2, 0.25) is 0 Å². The summed E-state index contributed by atoms with van der Waals surface area (Å²) < 4.78 is 4.61. The van der Waals surface area contributed by atoms with Crippen LogP contribution in [0.4, 0.5) is 0 Å². The summed E-state index contributed by atoms with van der Waals surface area (Å²) in [6, 6.07) is 0. The first kappa shape index (κ1) is 13.2. The third kappa shape index (κ3) is 4.33. The Kier molecular flexibility index (Phi) is 5.50. The molecule has 1 rings (SSSR count). The second-order valence-electron chi connectivity index (χ2n) is 4.88. The zero-order valence-electron chi connectivity index (χ0n) is 10.3. The minimum atomic E-state index is -0.291. The molecule has 1 atom stereocenters. The molecule has 0 spiro atoms. The fourth-order valence-electron chi connectivity index (χ4n) is 2.42. The number of carbonyl (C=O) groups excluding carboxylic acids is 2. The monoisotopic (exact) mass is 226 g/mol. The predicted octanol–water partition coefficient (Wildman–Crippen LogP) is 2.73. The number of esters is 1. The Morgan fingerprint density at radius 2 is 1.88 bits per heavy atom. The maximum atomic E-state index is 11.7. The molecule has 0 aromatic rings. The molecule has 0 saturated heterocycles. The predicted molar refractivity (Wildman–Crippen MR) is 62.0 cm³/mol. The van der Waals surface area contributed by atoms with E-state index < -0.39 is 0 Å². The van der Waals surface area contributed by atoms with E-state index in [1.165, 1.54) is 39.2 Å². The number of ether oxygens (including phenoxy) is 1. The highest BCUT2D eigenvalue weighted by Gasteiger charge is 2.21. The Labute approximate surface area is 97.5 Å². The highest BCUT2D eigenvalue weighted by molar-refractivity contribution is 5.84. The smallest absolute Gasteiger partial charge is 0.308 e. The van der Waals surface area contributed by atoms with Crippen LogP contribution >= 0.6 is 0 Å². The number of Topliss-reactive ketones (excluding diaryl/α,β-unsaturated/α-hetero) is 1. The molecule has 0 heterocycles. The molecule has 1 saturated carbocycles. The van der Waals surface area contributed by atoms with Gasteiger partial charge in [0.25, 0.3) is 0 Å². The normalized spacial score (nSPS) is 19.1. The Hall–Kier alpha value is -0.860. The summed E-state index contributed by atoms with van der Waals surface area (Å²) in [6.45, 7) is 1.75. The molecule has 0 aromatic carbocycles. The minimum Gasteiger partial charge on any atom is -0.469 e. The average molecular weight is 226 g/mol. The maximum Gasteiger partial charge on any atom is 0.308 e. The van der Waals surface area contributed by atoms with Gasteiger partial charge in [0, 0.05) is 12.8 Å². The lowest BCUT2D eigenvalue weighted by molar-refractivity contribution is -0.146. The lowest BCUT2D eigenvalue weighted by atomic mass is 9.84. The molecule has 1 aliphatic carbocycles. The molecule has 0 bridgehead atoms. The van der Waals surface area contributed by atoms with Crippen molar-refractivity contribution in [1.29, 1.82) is 0 Å². The van der Waals surface area contributed by atoms with Gasteiger partial charge in [-0.25, -0.2) is 0 Å². The highest BCUT2D eigenvalue weighted by atomic mass is 16.5. The van der Waals surface area contributed by atoms with Crippen LogP contribution in [0.25, 0.3) is 0 Å². The zero-order chi connectivity index (χ0) is 12.0. The molecule has 0 radical (unpaired) electrons. The molecule has 1 aliphatic rings. The van der Waals surface area contributed by atoms with E-state index in [2.05, 4.69) is 4.74 Å². The van der Waals surface area contributed by atoms with Crippen LogP contribution in [0.1, 0.15) is 51.9 Å². The first-order valence-electron chi connectivity index (χ1n) is 6.23. The maximum absolute atomic E-state index is 11.7. The summed E-state index contributed by atoms with van der Waals surface area (Å²) >= 11 is 0. The molecule has 0 amide bonds. The van der Waals surface area contributed by atoms with Crippen molar-refractivity contribution in [3.05, 3.63) is 0 Å². The second kappa shape index (κ2) is 6.66. The third-order valence-electron chi connectivity index (χ3n) is 3.38. The summed E-state index contributed by atoms with van der Waals surface area (Å²) in [5.41, 5.74) is 0. The molecular weight excluding hydrogens is 204 g/mol. The van der Waals surface area contributed by atoms with Crippen molar-refractivity contribution in [2.24, 2.45) is 11.8 Å². The van der Waals surface area contributed by atoms with Crippen molar-refractivity contribution < 1.29 is 14.3 Å². The Morgan fingerprint density at radius 3 is 2.44 bits per heavy atom. The van der Waals surface area contributed by atoms with E-state index in [4.69, 9.17) is 0 Å². The number of hydrogen-bond acceptors (Lipinski definition) is 3. The van der Waals surface area contributed by atoms with Crippen LogP contribution in [0.15, 0.2) is 0 Å². The quantitative estimate of drug-likeness (QED) is 0.677. The van der Waals surface area contributed by atoms with Crippen molar-refractivity contribution in [3.8, 4) is 0 Å². The fraction of sp³-hybridized carbons (Fsp3) is 0.846. The van der Waals surface area contributed by atoms with Gasteiger partial charge in [-0.2, -0.15) is 0 Å². The largest absolute Gasteiger partial charge is 0.469 e. The molecule has 1 fully saturated rings. The fourth-order valence-corrected chi connectivity index (χ4v) is 2.42. The average Bonchev–Trinajstić information content (AvgIpc) is 2.29. The lowest BCUT2D eigenvalue weighted by Gasteiger charge is -2.21. The van der Waals surface area contributed by atoms with E-state index in [0.717, 1.165) is 0 Å². The zero-order valence-corrected chi connectivity index (χ0v) is 10.3. The molecule has 92 valence electrons. The molecule has 0 aliphatic heterocycles. The Morgan fingerprint density at radius 1 is 1.25 bits per heavy atom. The van der Waals surface area contributed by atoms with Gasteiger partial charge in [-0.1, -0.05) is 39.0 Å². The number of rotatable bonds is 5. The van der Waals surface area contributed by atoms with E-state index in [1.54, 1.807) is 6.92 Å². The minimum absolute atomic E-state index is 0.213. The van der Waals surface area contributed by atoms with Crippen molar-refractivity contribution in [2.75, 3.05) is 7.11 Å². The van der Waals surface area contributed by atoms with Gasteiger partial charge in [-0.3, -0.25) is 9.59 Å². The number of carbonyl (C=O) groups is 2.